The number of aliphatic carboxylic acids is 1. The molecule has 0 radical (unpaired) electrons. The molecule has 0 saturated heterocycles. The lowest BCUT2D eigenvalue weighted by atomic mass is 10.3. The fourth-order valence-electron chi connectivity index (χ4n) is 1.08. The number of hydrogen-bond donors (Lipinski definition) is 1. The van der Waals surface area contributed by atoms with Gasteiger partial charge in [-0.3, -0.25) is 9.59 Å². The Labute approximate surface area is 96.8 Å². The van der Waals surface area contributed by atoms with Crippen molar-refractivity contribution in [2.24, 2.45) is 0 Å². The summed E-state index contributed by atoms with van der Waals surface area (Å²) in [7, 11) is 0. The Balaban J connectivity index is 2.82. The van der Waals surface area contributed by atoms with Crippen molar-refractivity contribution in [3.8, 4) is 0 Å². The number of halogens is 1. The van der Waals surface area contributed by atoms with Crippen LogP contribution in [0.3, 0.4) is 0 Å². The molecule has 1 aromatic heterocycles. The maximum Gasteiger partial charge on any atom is 0.323 e. The molecule has 0 atom stereocenters. The average Bonchev–Trinajstić information content (AvgIpc) is 2.25. The molecule has 7 heteroatoms. The molecule has 6 nitrogen and oxygen atoms in total. The predicted octanol–water partition coefficient (Wildman–Crippen LogP) is 0.677. The molecule has 0 fully saturated rings. The highest BCUT2D eigenvalue weighted by Gasteiger charge is 2.18. The molecular weight excluding hydrogens is 234 g/mol. The van der Waals surface area contributed by atoms with E-state index in [-0.39, 0.29) is 23.9 Å². The van der Waals surface area contributed by atoms with Crippen LogP contribution in [0, 0.1) is 0 Å². The van der Waals surface area contributed by atoms with E-state index in [1.54, 1.807) is 6.92 Å². The van der Waals surface area contributed by atoms with E-state index in [0.717, 1.165) is 4.90 Å². The molecule has 16 heavy (non-hydrogen) atoms. The summed E-state index contributed by atoms with van der Waals surface area (Å²) in [5, 5.41) is 15.9. The number of hydrogen-bond acceptors (Lipinski definition) is 4. The van der Waals surface area contributed by atoms with Crippen LogP contribution in [-0.2, 0) is 4.79 Å². The molecule has 1 amide bonds. The number of rotatable bonds is 4. The zero-order valence-corrected chi connectivity index (χ0v) is 9.31. The normalized spacial score (nSPS) is 9.88. The molecule has 0 bridgehead atoms. The first-order valence-corrected chi connectivity index (χ1v) is 4.92. The van der Waals surface area contributed by atoms with Crippen molar-refractivity contribution in [3.63, 3.8) is 0 Å². The zero-order valence-electron chi connectivity index (χ0n) is 8.55. The van der Waals surface area contributed by atoms with Crippen molar-refractivity contribution in [2.75, 3.05) is 13.1 Å². The molecule has 0 aliphatic carbocycles. The topological polar surface area (TPSA) is 83.4 Å². The van der Waals surface area contributed by atoms with Gasteiger partial charge in [-0.15, -0.1) is 10.2 Å². The molecule has 0 aromatic carbocycles. The van der Waals surface area contributed by atoms with Gasteiger partial charge < -0.3 is 10.0 Å². The van der Waals surface area contributed by atoms with Crippen molar-refractivity contribution in [3.05, 3.63) is 23.0 Å². The molecule has 0 saturated carbocycles. The molecular formula is C9H10ClN3O3. The molecule has 0 unspecified atom stereocenters. The van der Waals surface area contributed by atoms with Gasteiger partial charge in [-0.1, -0.05) is 11.6 Å². The smallest absolute Gasteiger partial charge is 0.323 e. The van der Waals surface area contributed by atoms with E-state index in [9.17, 15) is 9.59 Å². The molecule has 86 valence electrons. The Hall–Kier alpha value is -1.69. The maximum absolute atomic E-state index is 11.7. The van der Waals surface area contributed by atoms with E-state index in [2.05, 4.69) is 10.2 Å². The van der Waals surface area contributed by atoms with Gasteiger partial charge in [-0.25, -0.2) is 0 Å². The monoisotopic (exact) mass is 243 g/mol. The highest BCUT2D eigenvalue weighted by Crippen LogP contribution is 2.05. The highest BCUT2D eigenvalue weighted by atomic mass is 35.5. The first kappa shape index (κ1) is 12.4. The predicted molar refractivity (Wildman–Crippen MR) is 56.3 cm³/mol. The maximum atomic E-state index is 11.7. The van der Waals surface area contributed by atoms with Crippen LogP contribution in [0.15, 0.2) is 12.1 Å². The van der Waals surface area contributed by atoms with Gasteiger partial charge in [0.25, 0.3) is 5.91 Å². The number of carbonyl (C=O) groups excluding carboxylic acids is 1. The van der Waals surface area contributed by atoms with Crippen molar-refractivity contribution >= 4 is 23.5 Å². The van der Waals surface area contributed by atoms with Gasteiger partial charge in [0.05, 0.1) is 0 Å². The number of carboxylic acid groups (broad SMARTS) is 1. The first-order valence-electron chi connectivity index (χ1n) is 4.55. The van der Waals surface area contributed by atoms with Crippen LogP contribution in [0.5, 0.6) is 0 Å². The van der Waals surface area contributed by atoms with E-state index in [1.807, 2.05) is 0 Å². The highest BCUT2D eigenvalue weighted by molar-refractivity contribution is 6.29. The van der Waals surface area contributed by atoms with E-state index >= 15 is 0 Å². The number of nitrogens with zero attached hydrogens (tertiary/aromatic N) is 3. The Morgan fingerprint density at radius 2 is 2.12 bits per heavy atom. The lowest BCUT2D eigenvalue weighted by Crippen LogP contribution is -2.36. The summed E-state index contributed by atoms with van der Waals surface area (Å²) >= 11 is 5.52. The average molecular weight is 244 g/mol. The molecule has 0 aliphatic rings. The molecule has 1 rings (SSSR count). The Kier molecular flexibility index (Phi) is 4.19. The number of likely N-dealkylation sites (N-methyl/N-ethyl adjacent to an activating group) is 1. The Bertz CT molecular complexity index is 393. The van der Waals surface area contributed by atoms with Gasteiger partial charge in [0.1, 0.15) is 6.54 Å². The van der Waals surface area contributed by atoms with Crippen LogP contribution in [0.1, 0.15) is 17.4 Å². The summed E-state index contributed by atoms with van der Waals surface area (Å²) in [6.45, 7) is 1.61. The van der Waals surface area contributed by atoms with Crippen LogP contribution >= 0.6 is 11.6 Å². The van der Waals surface area contributed by atoms with E-state index < -0.39 is 11.9 Å². The van der Waals surface area contributed by atoms with Gasteiger partial charge in [0, 0.05) is 6.54 Å². The van der Waals surface area contributed by atoms with Crippen LogP contribution in [-0.4, -0.2) is 45.2 Å². The number of aromatic nitrogens is 2. The minimum atomic E-state index is -1.07. The van der Waals surface area contributed by atoms with Crippen LogP contribution in [0.4, 0.5) is 0 Å². The molecule has 1 N–H and O–H groups in total. The van der Waals surface area contributed by atoms with Crippen molar-refractivity contribution in [2.45, 2.75) is 6.92 Å². The molecule has 0 aliphatic heterocycles. The van der Waals surface area contributed by atoms with Crippen LogP contribution in [0.25, 0.3) is 0 Å². The third-order valence-corrected chi connectivity index (χ3v) is 2.05. The lowest BCUT2D eigenvalue weighted by Gasteiger charge is -2.17. The van der Waals surface area contributed by atoms with Crippen LogP contribution in [0.2, 0.25) is 5.15 Å². The minimum absolute atomic E-state index is 0.0764. The summed E-state index contributed by atoms with van der Waals surface area (Å²) in [6, 6.07) is 2.83. The standard InChI is InChI=1S/C9H10ClN3O3/c1-2-13(5-8(14)15)9(16)6-3-4-7(10)12-11-6/h3-4H,2,5H2,1H3,(H,14,15). The summed E-state index contributed by atoms with van der Waals surface area (Å²) < 4.78 is 0. The van der Waals surface area contributed by atoms with E-state index in [1.165, 1.54) is 12.1 Å². The number of amides is 1. The fourth-order valence-corrected chi connectivity index (χ4v) is 1.18. The minimum Gasteiger partial charge on any atom is -0.480 e. The van der Waals surface area contributed by atoms with Gasteiger partial charge in [0.15, 0.2) is 10.8 Å². The quantitative estimate of drug-likeness (QED) is 0.841. The second kappa shape index (κ2) is 5.41. The van der Waals surface area contributed by atoms with Crippen molar-refractivity contribution < 1.29 is 14.7 Å². The summed E-state index contributed by atoms with van der Waals surface area (Å²) in [5.74, 6) is -1.55. The largest absolute Gasteiger partial charge is 0.480 e. The summed E-state index contributed by atoms with van der Waals surface area (Å²) in [6.07, 6.45) is 0. The second-order valence-corrected chi connectivity index (χ2v) is 3.34. The van der Waals surface area contributed by atoms with Crippen molar-refractivity contribution in [1.29, 1.82) is 0 Å². The lowest BCUT2D eigenvalue weighted by molar-refractivity contribution is -0.137. The third-order valence-electron chi connectivity index (χ3n) is 1.85. The summed E-state index contributed by atoms with van der Waals surface area (Å²) in [5.41, 5.74) is 0.0764. The van der Waals surface area contributed by atoms with Crippen molar-refractivity contribution in [1.82, 2.24) is 15.1 Å². The molecule has 1 heterocycles. The second-order valence-electron chi connectivity index (χ2n) is 2.95. The molecule has 1 aromatic rings. The number of carboxylic acids is 1. The van der Waals surface area contributed by atoms with Gasteiger partial charge in [0.2, 0.25) is 0 Å². The van der Waals surface area contributed by atoms with E-state index in [0.29, 0.717) is 0 Å². The van der Waals surface area contributed by atoms with Gasteiger partial charge >= 0.3 is 5.97 Å². The van der Waals surface area contributed by atoms with Gasteiger partial charge in [-0.2, -0.15) is 0 Å². The van der Waals surface area contributed by atoms with Crippen LogP contribution < -0.4 is 0 Å². The van der Waals surface area contributed by atoms with E-state index in [4.69, 9.17) is 16.7 Å². The zero-order chi connectivity index (χ0) is 12.1. The Morgan fingerprint density at radius 1 is 1.44 bits per heavy atom. The number of carbonyl (C=O) groups is 2. The SMILES string of the molecule is CCN(CC(=O)O)C(=O)c1ccc(Cl)nn1. The van der Waals surface area contributed by atoms with Gasteiger partial charge in [-0.05, 0) is 19.1 Å². The third kappa shape index (κ3) is 3.16. The molecule has 0 spiro atoms. The first-order chi connectivity index (χ1) is 7.54. The Morgan fingerprint density at radius 3 is 2.56 bits per heavy atom. The fraction of sp³-hybridized carbons (Fsp3) is 0.333. The summed E-state index contributed by atoms with van der Waals surface area (Å²) in [4.78, 5) is 23.4.